The first-order chi connectivity index (χ1) is 19.2. The minimum atomic E-state index is -4.13. The lowest BCUT2D eigenvalue weighted by molar-refractivity contribution is -0.118. The van der Waals surface area contributed by atoms with E-state index >= 15 is 0 Å². The molecule has 0 radical (unpaired) electrons. The molecular weight excluding hydrogens is 546 g/mol. The Morgan fingerprint density at radius 1 is 0.950 bits per heavy atom. The molecule has 0 bridgehead atoms. The normalized spacial score (nSPS) is 11.3. The highest BCUT2D eigenvalue weighted by molar-refractivity contribution is 7.98. The van der Waals surface area contributed by atoms with Crippen molar-refractivity contribution in [2.75, 3.05) is 6.26 Å². The van der Waals surface area contributed by atoms with Gasteiger partial charge in [0.15, 0.2) is 5.69 Å². The molecule has 0 saturated carbocycles. The second-order valence-electron chi connectivity index (χ2n) is 9.26. The number of amides is 1. The fraction of sp³-hybridized carbons (Fsp3) is 0.233. The van der Waals surface area contributed by atoms with E-state index in [9.17, 15) is 23.1 Å². The minimum Gasteiger partial charge on any atom is -0.476 e. The van der Waals surface area contributed by atoms with Crippen LogP contribution in [0.1, 0.15) is 47.2 Å². The van der Waals surface area contributed by atoms with Crippen molar-refractivity contribution in [3.63, 3.8) is 0 Å². The molecule has 208 valence electrons. The van der Waals surface area contributed by atoms with Crippen LogP contribution >= 0.6 is 11.8 Å². The zero-order chi connectivity index (χ0) is 28.7. The predicted octanol–water partition coefficient (Wildman–Crippen LogP) is 5.41. The predicted molar refractivity (Wildman–Crippen MR) is 156 cm³/mol. The smallest absolute Gasteiger partial charge is 0.355 e. The van der Waals surface area contributed by atoms with Gasteiger partial charge in [0.1, 0.15) is 10.9 Å². The Kier molecular flexibility index (Phi) is 9.44. The third kappa shape index (κ3) is 6.81. The second-order valence-corrected chi connectivity index (χ2v) is 11.7. The number of carboxylic acids is 1. The minimum absolute atomic E-state index is 0.00148. The summed E-state index contributed by atoms with van der Waals surface area (Å²) in [6.07, 6.45) is 4.30. The molecule has 0 aliphatic rings. The van der Waals surface area contributed by atoms with Crippen molar-refractivity contribution in [2.45, 2.75) is 49.1 Å². The molecule has 8 nitrogen and oxygen atoms in total. The van der Waals surface area contributed by atoms with Crippen LogP contribution in [0.4, 0.5) is 0 Å². The van der Waals surface area contributed by atoms with E-state index < -0.39 is 21.9 Å². The fourth-order valence-electron chi connectivity index (χ4n) is 4.45. The highest BCUT2D eigenvalue weighted by Crippen LogP contribution is 2.29. The number of hydrogen-bond donors (Lipinski definition) is 2. The third-order valence-electron chi connectivity index (χ3n) is 6.40. The van der Waals surface area contributed by atoms with Gasteiger partial charge in [0.05, 0.1) is 11.3 Å². The highest BCUT2D eigenvalue weighted by atomic mass is 32.2. The van der Waals surface area contributed by atoms with Crippen molar-refractivity contribution in [1.82, 2.24) is 14.3 Å². The Bertz CT molecular complexity index is 1600. The number of imidazole rings is 1. The zero-order valence-electron chi connectivity index (χ0n) is 22.3. The molecule has 1 amide bonds. The zero-order valence-corrected chi connectivity index (χ0v) is 24.0. The summed E-state index contributed by atoms with van der Waals surface area (Å²) < 4.78 is 30.3. The van der Waals surface area contributed by atoms with Crippen LogP contribution in [-0.4, -0.2) is 41.2 Å². The van der Waals surface area contributed by atoms with E-state index in [-0.39, 0.29) is 17.0 Å². The summed E-state index contributed by atoms with van der Waals surface area (Å²) in [6, 6.07) is 22.7. The summed E-state index contributed by atoms with van der Waals surface area (Å²) in [5, 5.41) is 10.4. The molecule has 0 aliphatic carbocycles. The number of aryl methyl sites for hydroxylation is 1. The van der Waals surface area contributed by atoms with Crippen LogP contribution in [0.5, 0.6) is 0 Å². The van der Waals surface area contributed by atoms with Gasteiger partial charge in [0.25, 0.3) is 10.0 Å². The molecule has 10 heteroatoms. The van der Waals surface area contributed by atoms with Gasteiger partial charge in [-0.3, -0.25) is 4.79 Å². The average molecular weight is 578 g/mol. The average Bonchev–Trinajstić information content (AvgIpc) is 3.29. The van der Waals surface area contributed by atoms with Crippen molar-refractivity contribution >= 4 is 33.7 Å². The molecule has 40 heavy (non-hydrogen) atoms. The molecule has 1 heterocycles. The number of aromatic carboxylic acids is 1. The van der Waals surface area contributed by atoms with E-state index in [1.54, 1.807) is 59.2 Å². The molecule has 3 aromatic carbocycles. The standard InChI is InChI=1S/C30H31N3O5S2/c1-3-4-14-26-31-29(39-2)28(30(35)36)33(26)20-22-15-17-23(18-16-22)24-12-8-9-13-25(24)40(37,38)32-27(34)19-21-10-6-5-7-11-21/h5-13,15-18H,3-4,14,19-20H2,1-2H3,(H,32,34)(H,35,36). The van der Waals surface area contributed by atoms with E-state index in [0.29, 0.717) is 34.7 Å². The van der Waals surface area contributed by atoms with E-state index in [1.165, 1.54) is 17.8 Å². The maximum absolute atomic E-state index is 13.2. The number of aromatic nitrogens is 2. The SMILES string of the molecule is CCCCc1nc(SC)c(C(=O)O)n1Cc1ccc(-c2ccccc2S(=O)(=O)NC(=O)Cc2ccccc2)cc1. The Morgan fingerprint density at radius 2 is 1.62 bits per heavy atom. The molecule has 0 saturated heterocycles. The van der Waals surface area contributed by atoms with Gasteiger partial charge >= 0.3 is 5.97 Å². The quantitative estimate of drug-likeness (QED) is 0.216. The van der Waals surface area contributed by atoms with Crippen LogP contribution in [0.2, 0.25) is 0 Å². The first-order valence-electron chi connectivity index (χ1n) is 12.9. The second kappa shape index (κ2) is 13.0. The number of nitrogens with zero attached hydrogens (tertiary/aromatic N) is 2. The summed E-state index contributed by atoms with van der Waals surface area (Å²) in [5.41, 5.74) is 2.85. The molecular formula is C30H31N3O5S2. The largest absolute Gasteiger partial charge is 0.476 e. The van der Waals surface area contributed by atoms with Crippen LogP contribution in [-0.2, 0) is 34.2 Å². The van der Waals surface area contributed by atoms with Gasteiger partial charge in [-0.05, 0) is 35.4 Å². The number of unbranched alkanes of at least 4 members (excludes halogenated alkanes) is 1. The number of benzene rings is 3. The molecule has 0 spiro atoms. The Labute approximate surface area is 238 Å². The maximum atomic E-state index is 13.2. The lowest BCUT2D eigenvalue weighted by Gasteiger charge is -2.13. The number of nitrogens with one attached hydrogen (secondary N) is 1. The van der Waals surface area contributed by atoms with Crippen molar-refractivity contribution in [3.05, 3.63) is 102 Å². The van der Waals surface area contributed by atoms with Gasteiger partial charge in [-0.2, -0.15) is 0 Å². The molecule has 0 unspecified atom stereocenters. The Hall–Kier alpha value is -3.89. The van der Waals surface area contributed by atoms with Crippen molar-refractivity contribution in [2.24, 2.45) is 0 Å². The van der Waals surface area contributed by atoms with Gasteiger partial charge < -0.3 is 9.67 Å². The van der Waals surface area contributed by atoms with Crippen LogP contribution in [0.3, 0.4) is 0 Å². The van der Waals surface area contributed by atoms with Crippen molar-refractivity contribution in [3.8, 4) is 11.1 Å². The van der Waals surface area contributed by atoms with Gasteiger partial charge in [0, 0.05) is 18.5 Å². The van der Waals surface area contributed by atoms with Crippen LogP contribution in [0.15, 0.2) is 88.8 Å². The van der Waals surface area contributed by atoms with Crippen molar-refractivity contribution in [1.29, 1.82) is 0 Å². The van der Waals surface area contributed by atoms with E-state index in [1.807, 2.05) is 24.5 Å². The highest BCUT2D eigenvalue weighted by Gasteiger charge is 2.23. The van der Waals surface area contributed by atoms with Crippen LogP contribution in [0.25, 0.3) is 11.1 Å². The number of hydrogen-bond acceptors (Lipinski definition) is 6. The summed E-state index contributed by atoms with van der Waals surface area (Å²) in [4.78, 5) is 29.2. The summed E-state index contributed by atoms with van der Waals surface area (Å²) in [6.45, 7) is 2.40. The van der Waals surface area contributed by atoms with E-state index in [4.69, 9.17) is 0 Å². The van der Waals surface area contributed by atoms with Gasteiger partial charge in [0.2, 0.25) is 5.91 Å². The summed E-state index contributed by atoms with van der Waals surface area (Å²) >= 11 is 1.31. The van der Waals surface area contributed by atoms with Crippen LogP contribution < -0.4 is 4.72 Å². The van der Waals surface area contributed by atoms with Crippen molar-refractivity contribution < 1.29 is 23.1 Å². The Morgan fingerprint density at radius 3 is 2.27 bits per heavy atom. The molecule has 4 rings (SSSR count). The monoisotopic (exact) mass is 577 g/mol. The third-order valence-corrected chi connectivity index (χ3v) is 8.51. The fourth-order valence-corrected chi connectivity index (χ4v) is 6.26. The summed E-state index contributed by atoms with van der Waals surface area (Å²) in [7, 11) is -4.13. The molecule has 0 atom stereocenters. The van der Waals surface area contributed by atoms with Gasteiger partial charge in [-0.25, -0.2) is 22.9 Å². The topological polar surface area (TPSA) is 118 Å². The molecule has 2 N–H and O–H groups in total. The Balaban J connectivity index is 1.59. The molecule has 4 aromatic rings. The maximum Gasteiger partial charge on any atom is 0.355 e. The van der Waals surface area contributed by atoms with Gasteiger partial charge in [-0.1, -0.05) is 86.1 Å². The van der Waals surface area contributed by atoms with Gasteiger partial charge in [-0.15, -0.1) is 11.8 Å². The number of sulfonamides is 1. The molecule has 0 aliphatic heterocycles. The number of carbonyl (C=O) groups excluding carboxylic acids is 1. The lowest BCUT2D eigenvalue weighted by Crippen LogP contribution is -2.32. The number of carboxylic acid groups (broad SMARTS) is 1. The number of rotatable bonds is 12. The van der Waals surface area contributed by atoms with E-state index in [2.05, 4.69) is 16.6 Å². The lowest BCUT2D eigenvalue weighted by atomic mass is 10.0. The summed E-state index contributed by atoms with van der Waals surface area (Å²) in [5.74, 6) is -0.908. The van der Waals surface area contributed by atoms with Crippen LogP contribution in [0, 0.1) is 0 Å². The molecule has 0 fully saturated rings. The number of carbonyl (C=O) groups is 2. The molecule has 1 aromatic heterocycles. The number of thioether (sulfide) groups is 1. The first kappa shape index (κ1) is 29.1. The van der Waals surface area contributed by atoms with E-state index in [0.717, 1.165) is 24.2 Å². The first-order valence-corrected chi connectivity index (χ1v) is 15.6.